The molecule has 2 aliphatic rings. The van der Waals surface area contributed by atoms with Gasteiger partial charge in [0.25, 0.3) is 5.91 Å². The molecule has 2 amide bonds. The zero-order valence-corrected chi connectivity index (χ0v) is 23.0. The summed E-state index contributed by atoms with van der Waals surface area (Å²) in [6.07, 6.45) is 6.46. The molecule has 0 saturated carbocycles. The van der Waals surface area contributed by atoms with Crippen LogP contribution in [0.4, 0.5) is 0 Å². The molecule has 2 saturated heterocycles. The lowest BCUT2D eigenvalue weighted by Gasteiger charge is -2.31. The van der Waals surface area contributed by atoms with Gasteiger partial charge in [0.2, 0.25) is 5.91 Å². The third-order valence-corrected chi connectivity index (χ3v) is 8.33. The summed E-state index contributed by atoms with van der Waals surface area (Å²) in [6.45, 7) is 11.8. The molecule has 3 atom stereocenters. The third-order valence-electron chi connectivity index (χ3n) is 7.59. The average molecular weight is 526 g/mol. The highest BCUT2D eigenvalue weighted by atomic mass is 35.5. The molecule has 35 heavy (non-hydrogen) atoms. The maximum absolute atomic E-state index is 13.6. The van der Waals surface area contributed by atoms with Gasteiger partial charge in [-0.1, -0.05) is 56.8 Å². The van der Waals surface area contributed by atoms with Crippen LogP contribution in [0.25, 0.3) is 0 Å². The normalized spacial score (nSPS) is 22.8. The van der Waals surface area contributed by atoms with Crippen LogP contribution in [0.3, 0.4) is 0 Å². The highest BCUT2D eigenvalue weighted by Gasteiger charge is 2.32. The Kier molecular flexibility index (Phi) is 11.2. The predicted molar refractivity (Wildman–Crippen MR) is 144 cm³/mol. The monoisotopic (exact) mass is 524 g/mol. The number of nitrogens with one attached hydrogen (secondary N) is 2. The maximum Gasteiger partial charge on any atom is 0.251 e. The summed E-state index contributed by atoms with van der Waals surface area (Å²) in [5.74, 6) is 1.05. The number of carbonyl (C=O) groups excluding carboxylic acids is 2. The molecule has 2 fully saturated rings. The molecule has 1 unspecified atom stereocenters. The number of amides is 2. The topological polar surface area (TPSA) is 64.7 Å². The van der Waals surface area contributed by atoms with Crippen LogP contribution in [-0.4, -0.2) is 73.0 Å². The molecule has 2 N–H and O–H groups in total. The van der Waals surface area contributed by atoms with Crippen molar-refractivity contribution in [3.63, 3.8) is 0 Å². The lowest BCUT2D eigenvalue weighted by atomic mass is 9.92. The zero-order valence-electron chi connectivity index (χ0n) is 21.5. The molecule has 1 aromatic carbocycles. The van der Waals surface area contributed by atoms with E-state index in [1.54, 1.807) is 18.2 Å². The fraction of sp³-hybridized carbons (Fsp3) is 0.704. The number of hydrogen-bond acceptors (Lipinski definition) is 4. The van der Waals surface area contributed by atoms with Gasteiger partial charge in [-0.3, -0.25) is 9.59 Å². The van der Waals surface area contributed by atoms with E-state index in [0.717, 1.165) is 45.4 Å². The molecule has 6 nitrogen and oxygen atoms in total. The van der Waals surface area contributed by atoms with Crippen molar-refractivity contribution in [1.29, 1.82) is 0 Å². The predicted octanol–water partition coefficient (Wildman–Crippen LogP) is 4.84. The minimum atomic E-state index is -0.226. The molecule has 0 aliphatic carbocycles. The summed E-state index contributed by atoms with van der Waals surface area (Å²) in [5.41, 5.74) is 0.482. The molecule has 2 aliphatic heterocycles. The van der Waals surface area contributed by atoms with Crippen molar-refractivity contribution < 1.29 is 9.59 Å². The van der Waals surface area contributed by atoms with E-state index < -0.39 is 0 Å². The number of benzene rings is 1. The zero-order chi connectivity index (χ0) is 25.4. The summed E-state index contributed by atoms with van der Waals surface area (Å²) < 4.78 is 0. The van der Waals surface area contributed by atoms with E-state index in [9.17, 15) is 9.59 Å². The Balaban J connectivity index is 1.65. The molecule has 196 valence electrons. The van der Waals surface area contributed by atoms with Crippen LogP contribution < -0.4 is 10.6 Å². The SMILES string of the molecule is CCC(CN1CC[C@@H](CNC(=O)c2ccc(Cl)c(Cl)c2)N[C@@H](CCN2CCCCC2)C1=O)C(C)C. The third kappa shape index (κ3) is 8.34. The van der Waals surface area contributed by atoms with Gasteiger partial charge in [0.1, 0.15) is 0 Å². The Bertz CT molecular complexity index is 844. The lowest BCUT2D eigenvalue weighted by Crippen LogP contribution is -2.50. The van der Waals surface area contributed by atoms with Crippen LogP contribution in [0.5, 0.6) is 0 Å². The fourth-order valence-electron chi connectivity index (χ4n) is 5.17. The van der Waals surface area contributed by atoms with Gasteiger partial charge in [0, 0.05) is 37.8 Å². The van der Waals surface area contributed by atoms with Gasteiger partial charge in [0.15, 0.2) is 0 Å². The van der Waals surface area contributed by atoms with E-state index in [2.05, 4.69) is 41.2 Å². The molecular formula is C27H42Cl2N4O2. The summed E-state index contributed by atoms with van der Waals surface area (Å²) in [7, 11) is 0. The Labute approximate surface area is 221 Å². The van der Waals surface area contributed by atoms with Crippen molar-refractivity contribution >= 4 is 35.0 Å². The first-order valence-electron chi connectivity index (χ1n) is 13.3. The van der Waals surface area contributed by atoms with Gasteiger partial charge in [-0.25, -0.2) is 0 Å². The Morgan fingerprint density at radius 3 is 2.54 bits per heavy atom. The van der Waals surface area contributed by atoms with Gasteiger partial charge >= 0.3 is 0 Å². The second kappa shape index (κ2) is 13.8. The lowest BCUT2D eigenvalue weighted by molar-refractivity contribution is -0.133. The molecule has 2 heterocycles. The maximum atomic E-state index is 13.6. The standard InChI is InChI=1S/C27H42Cl2N4O2/c1-4-20(19(2)3)18-33-15-10-22(17-30-26(34)21-8-9-23(28)24(29)16-21)31-25(27(33)35)11-14-32-12-6-5-7-13-32/h8-9,16,19-20,22,25,31H,4-7,10-15,17-18H2,1-3H3,(H,30,34)/t20?,22-,25-/m0/s1. The Morgan fingerprint density at radius 2 is 1.89 bits per heavy atom. The Hall–Kier alpha value is -1.34. The highest BCUT2D eigenvalue weighted by Crippen LogP contribution is 2.23. The molecule has 3 rings (SSSR count). The molecule has 1 aromatic rings. The van der Waals surface area contributed by atoms with Gasteiger partial charge in [-0.2, -0.15) is 0 Å². The second-order valence-corrected chi connectivity index (χ2v) is 11.2. The first-order chi connectivity index (χ1) is 16.8. The molecule has 8 heteroatoms. The number of hydrogen-bond donors (Lipinski definition) is 2. The number of halogens is 2. The molecule has 0 aromatic heterocycles. The highest BCUT2D eigenvalue weighted by molar-refractivity contribution is 6.42. The number of carbonyl (C=O) groups is 2. The van der Waals surface area contributed by atoms with Crippen molar-refractivity contribution in [2.24, 2.45) is 11.8 Å². The van der Waals surface area contributed by atoms with Crippen LogP contribution in [0, 0.1) is 11.8 Å². The van der Waals surface area contributed by atoms with Crippen molar-refractivity contribution in [3.8, 4) is 0 Å². The first-order valence-corrected chi connectivity index (χ1v) is 14.0. The van der Waals surface area contributed by atoms with Crippen LogP contribution in [0.15, 0.2) is 18.2 Å². The fourth-order valence-corrected chi connectivity index (χ4v) is 5.47. The van der Waals surface area contributed by atoms with Crippen molar-refractivity contribution in [1.82, 2.24) is 20.4 Å². The number of likely N-dealkylation sites (tertiary alicyclic amines) is 1. The van der Waals surface area contributed by atoms with E-state index in [1.807, 2.05) is 0 Å². The summed E-state index contributed by atoms with van der Waals surface area (Å²) in [6, 6.07) is 4.70. The van der Waals surface area contributed by atoms with Gasteiger partial charge < -0.3 is 20.4 Å². The van der Waals surface area contributed by atoms with Gasteiger partial charge in [0.05, 0.1) is 16.1 Å². The second-order valence-electron chi connectivity index (χ2n) is 10.4. The largest absolute Gasteiger partial charge is 0.350 e. The van der Waals surface area contributed by atoms with Crippen molar-refractivity contribution in [2.45, 2.75) is 71.4 Å². The molecule has 0 bridgehead atoms. The summed E-state index contributed by atoms with van der Waals surface area (Å²) in [4.78, 5) is 30.9. The first kappa shape index (κ1) is 28.2. The van der Waals surface area contributed by atoms with Crippen molar-refractivity contribution in [3.05, 3.63) is 33.8 Å². The van der Waals surface area contributed by atoms with Crippen LogP contribution in [0.2, 0.25) is 10.0 Å². The van der Waals surface area contributed by atoms with E-state index >= 15 is 0 Å². The van der Waals surface area contributed by atoms with E-state index in [1.165, 1.54) is 19.3 Å². The summed E-state index contributed by atoms with van der Waals surface area (Å²) >= 11 is 12.1. The number of nitrogens with zero attached hydrogens (tertiary/aromatic N) is 2. The molecule has 0 spiro atoms. The summed E-state index contributed by atoms with van der Waals surface area (Å²) in [5, 5.41) is 7.42. The van der Waals surface area contributed by atoms with Gasteiger partial charge in [-0.05, 0) is 68.8 Å². The van der Waals surface area contributed by atoms with E-state index in [-0.39, 0.29) is 23.9 Å². The van der Waals surface area contributed by atoms with Crippen LogP contribution >= 0.6 is 23.2 Å². The minimum Gasteiger partial charge on any atom is -0.350 e. The molecular weight excluding hydrogens is 483 g/mol. The number of rotatable bonds is 10. The van der Waals surface area contributed by atoms with Crippen LogP contribution in [-0.2, 0) is 4.79 Å². The minimum absolute atomic E-state index is 0.0288. The van der Waals surface area contributed by atoms with Crippen molar-refractivity contribution in [2.75, 3.05) is 39.3 Å². The Morgan fingerprint density at radius 1 is 1.14 bits per heavy atom. The number of piperidine rings is 1. The van der Waals surface area contributed by atoms with E-state index in [4.69, 9.17) is 23.2 Å². The smallest absolute Gasteiger partial charge is 0.251 e. The van der Waals surface area contributed by atoms with E-state index in [0.29, 0.717) is 40.5 Å². The van der Waals surface area contributed by atoms with Crippen LogP contribution in [0.1, 0.15) is 69.7 Å². The molecule has 0 radical (unpaired) electrons. The quantitative estimate of drug-likeness (QED) is 0.459. The average Bonchev–Trinajstić information content (AvgIpc) is 3.00. The van der Waals surface area contributed by atoms with Gasteiger partial charge in [-0.15, -0.1) is 0 Å².